The molecule has 0 spiro atoms. The molecule has 27 heavy (non-hydrogen) atoms. The molecule has 0 radical (unpaired) electrons. The minimum atomic E-state index is -0.674. The number of pyridine rings is 1. The molecule has 0 aliphatic heterocycles. The van der Waals surface area contributed by atoms with Crippen LogP contribution in [0.4, 0.5) is 0 Å². The number of aromatic nitrogens is 4. The predicted molar refractivity (Wildman–Crippen MR) is 104 cm³/mol. The molecule has 0 N–H and O–H groups in total. The molecule has 2 aromatic heterocycles. The van der Waals surface area contributed by atoms with Gasteiger partial charge in [-0.1, -0.05) is 31.0 Å². The number of amides is 1. The van der Waals surface area contributed by atoms with Gasteiger partial charge in [-0.15, -0.1) is 10.2 Å². The molecule has 1 atom stereocenters. The van der Waals surface area contributed by atoms with E-state index in [1.165, 1.54) is 11.8 Å². The second kappa shape index (κ2) is 8.09. The van der Waals surface area contributed by atoms with Gasteiger partial charge < -0.3 is 9.47 Å². The highest BCUT2D eigenvalue weighted by Gasteiger charge is 2.40. The van der Waals surface area contributed by atoms with E-state index in [0.29, 0.717) is 5.16 Å². The van der Waals surface area contributed by atoms with Crippen LogP contribution in [0.5, 0.6) is 0 Å². The van der Waals surface area contributed by atoms with Crippen LogP contribution in [0.1, 0.15) is 39.0 Å². The van der Waals surface area contributed by atoms with Gasteiger partial charge in [0.2, 0.25) is 5.91 Å². The maximum atomic E-state index is 13.0. The molecule has 1 aliphatic rings. The van der Waals surface area contributed by atoms with Gasteiger partial charge in [0.05, 0.1) is 11.3 Å². The number of nitrogens with zero attached hydrogens (tertiary/aromatic N) is 6. The summed E-state index contributed by atoms with van der Waals surface area (Å²) < 4.78 is 1.88. The molecule has 1 amide bonds. The van der Waals surface area contributed by atoms with Gasteiger partial charge in [0.1, 0.15) is 5.54 Å². The fourth-order valence-corrected chi connectivity index (χ4v) is 4.43. The lowest BCUT2D eigenvalue weighted by Crippen LogP contribution is -2.52. The maximum Gasteiger partial charge on any atom is 0.236 e. The lowest BCUT2D eigenvalue weighted by atomic mass is 9.81. The Morgan fingerprint density at radius 3 is 2.59 bits per heavy atom. The Bertz CT molecular complexity index is 838. The average molecular weight is 385 g/mol. The van der Waals surface area contributed by atoms with Gasteiger partial charge in [0.25, 0.3) is 0 Å². The van der Waals surface area contributed by atoms with E-state index in [4.69, 9.17) is 0 Å². The predicted octanol–water partition coefficient (Wildman–Crippen LogP) is 3.04. The summed E-state index contributed by atoms with van der Waals surface area (Å²) in [6.45, 7) is 1.86. The minimum Gasteiger partial charge on any atom is -0.326 e. The maximum absolute atomic E-state index is 13.0. The summed E-state index contributed by atoms with van der Waals surface area (Å²) in [7, 11) is 3.64. The van der Waals surface area contributed by atoms with Crippen molar-refractivity contribution < 1.29 is 4.79 Å². The largest absolute Gasteiger partial charge is 0.326 e. The number of carbonyl (C=O) groups is 1. The zero-order valence-electron chi connectivity index (χ0n) is 15.9. The molecule has 3 rings (SSSR count). The van der Waals surface area contributed by atoms with Crippen molar-refractivity contribution in [2.75, 3.05) is 7.05 Å². The fraction of sp³-hybridized carbons (Fsp3) is 0.526. The van der Waals surface area contributed by atoms with Crippen LogP contribution in [0.25, 0.3) is 11.4 Å². The highest BCUT2D eigenvalue weighted by Crippen LogP contribution is 2.34. The van der Waals surface area contributed by atoms with Crippen LogP contribution in [0.2, 0.25) is 0 Å². The van der Waals surface area contributed by atoms with Crippen molar-refractivity contribution in [1.29, 1.82) is 5.26 Å². The van der Waals surface area contributed by atoms with Crippen molar-refractivity contribution in [2.45, 2.75) is 55.0 Å². The van der Waals surface area contributed by atoms with Crippen LogP contribution >= 0.6 is 11.8 Å². The first-order chi connectivity index (χ1) is 13.0. The van der Waals surface area contributed by atoms with Crippen LogP contribution in [0.3, 0.4) is 0 Å². The van der Waals surface area contributed by atoms with E-state index < -0.39 is 5.54 Å². The highest BCUT2D eigenvalue weighted by molar-refractivity contribution is 8.00. The topological polar surface area (TPSA) is 87.7 Å². The lowest BCUT2D eigenvalue weighted by molar-refractivity contribution is -0.133. The van der Waals surface area contributed by atoms with Gasteiger partial charge in [-0.3, -0.25) is 9.78 Å². The van der Waals surface area contributed by atoms with Crippen LogP contribution in [-0.2, 0) is 11.8 Å². The van der Waals surface area contributed by atoms with Crippen molar-refractivity contribution in [3.05, 3.63) is 24.5 Å². The molecule has 2 aromatic rings. The van der Waals surface area contributed by atoms with Crippen LogP contribution in [0.15, 0.2) is 29.7 Å². The molecule has 1 fully saturated rings. The average Bonchev–Trinajstić information content (AvgIpc) is 3.08. The van der Waals surface area contributed by atoms with Gasteiger partial charge in [-0.05, 0) is 31.9 Å². The molecular formula is C19H24N6OS. The van der Waals surface area contributed by atoms with Crippen molar-refractivity contribution in [3.63, 3.8) is 0 Å². The molecular weight excluding hydrogens is 360 g/mol. The Labute approximate surface area is 163 Å². The normalized spacial score (nSPS) is 17.1. The summed E-state index contributed by atoms with van der Waals surface area (Å²) in [6, 6.07) is 6.16. The van der Waals surface area contributed by atoms with Crippen molar-refractivity contribution in [2.24, 2.45) is 7.05 Å². The minimum absolute atomic E-state index is 0.0445. The van der Waals surface area contributed by atoms with E-state index in [2.05, 4.69) is 21.3 Å². The smallest absolute Gasteiger partial charge is 0.236 e. The van der Waals surface area contributed by atoms with E-state index in [0.717, 1.165) is 43.5 Å². The highest BCUT2D eigenvalue weighted by atomic mass is 32.2. The number of carbonyl (C=O) groups excluding carboxylic acids is 1. The summed E-state index contributed by atoms with van der Waals surface area (Å²) in [4.78, 5) is 18.7. The summed E-state index contributed by atoms with van der Waals surface area (Å²) in [5.74, 6) is 0.686. The summed E-state index contributed by atoms with van der Waals surface area (Å²) in [5.41, 5.74) is 0.250. The third kappa shape index (κ3) is 3.83. The lowest BCUT2D eigenvalue weighted by Gasteiger charge is -2.40. The number of rotatable bonds is 5. The van der Waals surface area contributed by atoms with E-state index in [-0.39, 0.29) is 11.2 Å². The number of hydrogen-bond acceptors (Lipinski definition) is 6. The quantitative estimate of drug-likeness (QED) is 0.736. The summed E-state index contributed by atoms with van der Waals surface area (Å²) >= 11 is 1.37. The Kier molecular flexibility index (Phi) is 5.80. The molecule has 7 nitrogen and oxygen atoms in total. The van der Waals surface area contributed by atoms with Gasteiger partial charge in [-0.2, -0.15) is 5.26 Å². The van der Waals surface area contributed by atoms with Crippen molar-refractivity contribution >= 4 is 17.7 Å². The number of nitriles is 1. The third-order valence-electron chi connectivity index (χ3n) is 5.26. The number of hydrogen-bond donors (Lipinski definition) is 0. The van der Waals surface area contributed by atoms with Gasteiger partial charge in [-0.25, -0.2) is 0 Å². The molecule has 1 aliphatic carbocycles. The molecule has 8 heteroatoms. The second-order valence-electron chi connectivity index (χ2n) is 6.96. The second-order valence-corrected chi connectivity index (χ2v) is 8.27. The van der Waals surface area contributed by atoms with Crippen LogP contribution in [0, 0.1) is 11.3 Å². The fourth-order valence-electron chi connectivity index (χ4n) is 3.52. The molecule has 142 valence electrons. The molecule has 1 saturated carbocycles. The van der Waals surface area contributed by atoms with Gasteiger partial charge >= 0.3 is 0 Å². The zero-order valence-corrected chi connectivity index (χ0v) is 16.7. The Hall–Kier alpha value is -2.40. The molecule has 0 saturated heterocycles. The summed E-state index contributed by atoms with van der Waals surface area (Å²) in [6.07, 6.45) is 8.04. The van der Waals surface area contributed by atoms with E-state index >= 15 is 0 Å². The molecule has 0 unspecified atom stereocenters. The first-order valence-corrected chi connectivity index (χ1v) is 10.0. The molecule has 2 heterocycles. The molecule has 0 aromatic carbocycles. The number of thioether (sulfide) groups is 1. The van der Waals surface area contributed by atoms with Crippen LogP contribution in [-0.4, -0.2) is 48.4 Å². The Balaban J connectivity index is 1.74. The van der Waals surface area contributed by atoms with Gasteiger partial charge in [0.15, 0.2) is 11.0 Å². The summed E-state index contributed by atoms with van der Waals surface area (Å²) in [5, 5.41) is 18.5. The molecule has 0 bridgehead atoms. The first-order valence-electron chi connectivity index (χ1n) is 9.14. The Morgan fingerprint density at radius 1 is 1.30 bits per heavy atom. The van der Waals surface area contributed by atoms with E-state index in [1.807, 2.05) is 30.7 Å². The SMILES string of the molecule is C[C@@H](Sc1nnc(-c2ccncc2)n1C)C(=O)N(C)C1(C#N)CCCCC1. The standard InChI is InChI=1S/C19H24N6OS/c1-14(17(26)25(3)19(13-20)9-5-4-6-10-19)27-18-23-22-16(24(18)2)15-7-11-21-12-8-15/h7-8,11-12,14H,4-6,9-10H2,1-3H3/t14-/m1/s1. The van der Waals surface area contributed by atoms with E-state index in [9.17, 15) is 10.1 Å². The van der Waals surface area contributed by atoms with Crippen molar-refractivity contribution in [1.82, 2.24) is 24.6 Å². The van der Waals surface area contributed by atoms with E-state index in [1.54, 1.807) is 24.3 Å². The van der Waals surface area contributed by atoms with Crippen LogP contribution < -0.4 is 0 Å². The monoisotopic (exact) mass is 384 g/mol. The zero-order chi connectivity index (χ0) is 19.4. The van der Waals surface area contributed by atoms with Gasteiger partial charge in [0, 0.05) is 32.1 Å². The first kappa shape index (κ1) is 19.4. The third-order valence-corrected chi connectivity index (χ3v) is 6.39. The Morgan fingerprint density at radius 2 is 1.96 bits per heavy atom. The van der Waals surface area contributed by atoms with Crippen molar-refractivity contribution in [3.8, 4) is 17.5 Å².